The fourth-order valence-electron chi connectivity index (χ4n) is 2.14. The average molecular weight is 210 g/mol. The zero-order chi connectivity index (χ0) is 10.9. The fraction of sp³-hybridized carbons (Fsp3) is 0.545. The zero-order valence-electron chi connectivity index (χ0n) is 8.70. The van der Waals surface area contributed by atoms with Crippen molar-refractivity contribution in [2.45, 2.75) is 18.9 Å². The summed E-state index contributed by atoms with van der Waals surface area (Å²) in [5.41, 5.74) is -0.690. The third-order valence-corrected chi connectivity index (χ3v) is 3.19. The molecular weight excluding hydrogens is 195 g/mol. The number of hydrogen-bond acceptors (Lipinski definition) is 3. The van der Waals surface area contributed by atoms with Crippen molar-refractivity contribution in [3.63, 3.8) is 0 Å². The zero-order valence-corrected chi connectivity index (χ0v) is 8.70. The largest absolute Gasteiger partial charge is 0.385 e. The molecule has 2 rings (SSSR count). The molecule has 15 heavy (non-hydrogen) atoms. The Morgan fingerprint density at radius 3 is 3.13 bits per heavy atom. The van der Waals surface area contributed by atoms with Crippen molar-refractivity contribution in [2.75, 3.05) is 13.1 Å². The van der Waals surface area contributed by atoms with E-state index in [2.05, 4.69) is 10.3 Å². The maximum absolute atomic E-state index is 13.5. The SMILES string of the molecule is CC1CNCCC1(O)c1ccncc1F. The third kappa shape index (κ3) is 1.75. The lowest BCUT2D eigenvalue weighted by molar-refractivity contribution is -0.0420. The molecule has 2 atom stereocenters. The molecule has 1 saturated heterocycles. The number of aliphatic hydroxyl groups is 1. The first-order valence-electron chi connectivity index (χ1n) is 5.17. The van der Waals surface area contributed by atoms with Gasteiger partial charge in [-0.1, -0.05) is 6.92 Å². The van der Waals surface area contributed by atoms with E-state index in [1.54, 1.807) is 6.07 Å². The van der Waals surface area contributed by atoms with Crippen molar-refractivity contribution < 1.29 is 9.50 Å². The van der Waals surface area contributed by atoms with Gasteiger partial charge in [-0.25, -0.2) is 4.39 Å². The quantitative estimate of drug-likeness (QED) is 0.728. The van der Waals surface area contributed by atoms with Gasteiger partial charge >= 0.3 is 0 Å². The average Bonchev–Trinajstić information content (AvgIpc) is 2.23. The third-order valence-electron chi connectivity index (χ3n) is 3.19. The molecule has 0 aromatic carbocycles. The molecule has 2 heterocycles. The summed E-state index contributed by atoms with van der Waals surface area (Å²) < 4.78 is 13.5. The van der Waals surface area contributed by atoms with Gasteiger partial charge in [-0.2, -0.15) is 0 Å². The standard InChI is InChI=1S/C11H15FN2O/c1-8-6-14-5-3-11(8,15)9-2-4-13-7-10(9)12/h2,4,7-8,14-15H,3,5-6H2,1H3. The molecule has 0 radical (unpaired) electrons. The van der Waals surface area contributed by atoms with Gasteiger partial charge in [0.05, 0.1) is 11.8 Å². The Kier molecular flexibility index (Phi) is 2.71. The smallest absolute Gasteiger partial charge is 0.147 e. The number of nitrogens with zero attached hydrogens (tertiary/aromatic N) is 1. The number of pyridine rings is 1. The Morgan fingerprint density at radius 2 is 2.47 bits per heavy atom. The van der Waals surface area contributed by atoms with Crippen LogP contribution >= 0.6 is 0 Å². The molecule has 0 saturated carbocycles. The molecule has 0 aliphatic carbocycles. The van der Waals surface area contributed by atoms with E-state index in [1.165, 1.54) is 6.20 Å². The minimum absolute atomic E-state index is 0.00292. The van der Waals surface area contributed by atoms with Crippen molar-refractivity contribution in [1.29, 1.82) is 0 Å². The van der Waals surface area contributed by atoms with E-state index in [0.29, 0.717) is 25.1 Å². The summed E-state index contributed by atoms with van der Waals surface area (Å²) in [5, 5.41) is 13.7. The minimum atomic E-state index is -1.06. The number of rotatable bonds is 1. The molecule has 82 valence electrons. The van der Waals surface area contributed by atoms with Gasteiger partial charge in [-0.05, 0) is 19.0 Å². The van der Waals surface area contributed by atoms with Gasteiger partial charge < -0.3 is 10.4 Å². The predicted molar refractivity (Wildman–Crippen MR) is 54.7 cm³/mol. The normalized spacial score (nSPS) is 31.5. The number of aromatic nitrogens is 1. The highest BCUT2D eigenvalue weighted by atomic mass is 19.1. The molecule has 0 amide bonds. The summed E-state index contributed by atoms with van der Waals surface area (Å²) in [5.74, 6) is -0.420. The Hall–Kier alpha value is -1.00. The molecule has 1 aromatic heterocycles. The maximum Gasteiger partial charge on any atom is 0.147 e. The Balaban J connectivity index is 2.39. The summed E-state index contributed by atoms with van der Waals surface area (Å²) in [4.78, 5) is 3.69. The van der Waals surface area contributed by atoms with E-state index in [-0.39, 0.29) is 5.92 Å². The molecule has 1 aliphatic rings. The topological polar surface area (TPSA) is 45.1 Å². The Bertz CT molecular complexity index is 358. The van der Waals surface area contributed by atoms with Crippen LogP contribution in [0.2, 0.25) is 0 Å². The van der Waals surface area contributed by atoms with Gasteiger partial charge in [0.1, 0.15) is 5.82 Å². The van der Waals surface area contributed by atoms with Crippen LogP contribution in [-0.2, 0) is 5.60 Å². The van der Waals surface area contributed by atoms with Crippen LogP contribution in [0.25, 0.3) is 0 Å². The van der Waals surface area contributed by atoms with E-state index in [4.69, 9.17) is 0 Å². The van der Waals surface area contributed by atoms with E-state index in [1.807, 2.05) is 6.92 Å². The van der Waals surface area contributed by atoms with Crippen LogP contribution in [0.3, 0.4) is 0 Å². The molecule has 2 unspecified atom stereocenters. The Morgan fingerprint density at radius 1 is 1.67 bits per heavy atom. The van der Waals surface area contributed by atoms with Crippen molar-refractivity contribution in [3.8, 4) is 0 Å². The number of piperidine rings is 1. The van der Waals surface area contributed by atoms with Crippen molar-refractivity contribution >= 4 is 0 Å². The first-order chi connectivity index (χ1) is 7.14. The lowest BCUT2D eigenvalue weighted by Crippen LogP contribution is -2.47. The molecule has 1 aliphatic heterocycles. The fourth-order valence-corrected chi connectivity index (χ4v) is 2.14. The number of hydrogen-bond donors (Lipinski definition) is 2. The lowest BCUT2D eigenvalue weighted by atomic mass is 9.78. The summed E-state index contributed by atoms with van der Waals surface area (Å²) in [6, 6.07) is 1.57. The molecule has 3 nitrogen and oxygen atoms in total. The van der Waals surface area contributed by atoms with Gasteiger partial charge in [0.2, 0.25) is 0 Å². The maximum atomic E-state index is 13.5. The van der Waals surface area contributed by atoms with Crippen LogP contribution in [0.5, 0.6) is 0 Å². The van der Waals surface area contributed by atoms with Crippen LogP contribution < -0.4 is 5.32 Å². The van der Waals surface area contributed by atoms with Crippen LogP contribution in [0.1, 0.15) is 18.9 Å². The monoisotopic (exact) mass is 210 g/mol. The van der Waals surface area contributed by atoms with Gasteiger partial charge in [0, 0.05) is 24.2 Å². The second-order valence-electron chi connectivity index (χ2n) is 4.13. The second kappa shape index (κ2) is 3.87. The first-order valence-corrected chi connectivity index (χ1v) is 5.17. The summed E-state index contributed by atoms with van der Waals surface area (Å²) in [7, 11) is 0. The molecule has 0 spiro atoms. The van der Waals surface area contributed by atoms with Crippen LogP contribution in [0.15, 0.2) is 18.5 Å². The molecule has 0 bridgehead atoms. The lowest BCUT2D eigenvalue weighted by Gasteiger charge is -2.38. The van der Waals surface area contributed by atoms with Gasteiger partial charge in [0.25, 0.3) is 0 Å². The van der Waals surface area contributed by atoms with E-state index >= 15 is 0 Å². The highest BCUT2D eigenvalue weighted by molar-refractivity contribution is 5.23. The van der Waals surface area contributed by atoms with E-state index in [9.17, 15) is 9.50 Å². The van der Waals surface area contributed by atoms with Crippen molar-refractivity contribution in [3.05, 3.63) is 29.8 Å². The molecular formula is C11H15FN2O. The highest BCUT2D eigenvalue weighted by Crippen LogP contribution is 2.35. The van der Waals surface area contributed by atoms with Gasteiger partial charge in [0.15, 0.2) is 0 Å². The summed E-state index contributed by atoms with van der Waals surface area (Å²) >= 11 is 0. The second-order valence-corrected chi connectivity index (χ2v) is 4.13. The molecule has 1 fully saturated rings. The summed E-state index contributed by atoms with van der Waals surface area (Å²) in [6.07, 6.45) is 3.21. The molecule has 1 aromatic rings. The number of nitrogens with one attached hydrogen (secondary N) is 1. The molecule has 4 heteroatoms. The van der Waals surface area contributed by atoms with Crippen molar-refractivity contribution in [1.82, 2.24) is 10.3 Å². The Labute approximate surface area is 88.3 Å². The predicted octanol–water partition coefficient (Wildman–Crippen LogP) is 1.04. The first kappa shape index (κ1) is 10.5. The summed E-state index contributed by atoms with van der Waals surface area (Å²) in [6.45, 7) is 3.34. The van der Waals surface area contributed by atoms with Gasteiger partial charge in [-0.3, -0.25) is 4.98 Å². The highest BCUT2D eigenvalue weighted by Gasteiger charge is 2.39. The minimum Gasteiger partial charge on any atom is -0.385 e. The van der Waals surface area contributed by atoms with Crippen molar-refractivity contribution in [2.24, 2.45) is 5.92 Å². The van der Waals surface area contributed by atoms with Crippen LogP contribution in [0, 0.1) is 11.7 Å². The van der Waals surface area contributed by atoms with Crippen LogP contribution in [0.4, 0.5) is 4.39 Å². The van der Waals surface area contributed by atoms with Crippen LogP contribution in [-0.4, -0.2) is 23.2 Å². The molecule has 2 N–H and O–H groups in total. The van der Waals surface area contributed by atoms with E-state index < -0.39 is 11.4 Å². The van der Waals surface area contributed by atoms with Gasteiger partial charge in [-0.15, -0.1) is 0 Å². The van der Waals surface area contributed by atoms with E-state index in [0.717, 1.165) is 6.20 Å². The number of halogens is 1.